The molecule has 0 aliphatic heterocycles. The molecule has 0 amide bonds. The first-order valence-electron chi connectivity index (χ1n) is 8.61. The van der Waals surface area contributed by atoms with Gasteiger partial charge in [-0.2, -0.15) is 0 Å². The number of aromatic amines is 1. The Morgan fingerprint density at radius 2 is 1.64 bits per heavy atom. The number of likely N-dealkylation sites (N-methyl/N-ethyl adjacent to an activating group) is 1. The van der Waals surface area contributed by atoms with Gasteiger partial charge in [0.05, 0.1) is 5.69 Å². The average molecular weight is 394 g/mol. The van der Waals surface area contributed by atoms with Gasteiger partial charge in [-0.15, -0.1) is 0 Å². The quantitative estimate of drug-likeness (QED) is 0.587. The molecular formula is C19H23FN2O6. The molecule has 8 nitrogen and oxygen atoms in total. The largest absolute Gasteiger partial charge is 0.478 e. The predicted octanol–water partition coefficient (Wildman–Crippen LogP) is 2.37. The van der Waals surface area contributed by atoms with Crippen molar-refractivity contribution in [2.45, 2.75) is 20.3 Å². The number of aromatic nitrogens is 1. The fraction of sp³-hybridized carbons (Fsp3) is 0.316. The van der Waals surface area contributed by atoms with E-state index in [1.165, 1.54) is 12.1 Å². The highest BCUT2D eigenvalue weighted by atomic mass is 19.1. The molecular weight excluding hydrogens is 371 g/mol. The van der Waals surface area contributed by atoms with Crippen molar-refractivity contribution in [3.63, 3.8) is 0 Å². The van der Waals surface area contributed by atoms with E-state index in [1.807, 2.05) is 0 Å². The number of nitrogens with one attached hydrogen (secondary N) is 1. The van der Waals surface area contributed by atoms with Crippen molar-refractivity contribution in [2.75, 3.05) is 19.6 Å². The van der Waals surface area contributed by atoms with Crippen LogP contribution in [0.2, 0.25) is 0 Å². The fourth-order valence-corrected chi connectivity index (χ4v) is 2.33. The van der Waals surface area contributed by atoms with Gasteiger partial charge in [0.2, 0.25) is 0 Å². The number of carbonyl (C=O) groups is 2. The maximum atomic E-state index is 13.0. The summed E-state index contributed by atoms with van der Waals surface area (Å²) in [7, 11) is 0. The predicted molar refractivity (Wildman–Crippen MR) is 101 cm³/mol. The second-order valence-corrected chi connectivity index (χ2v) is 5.61. The van der Waals surface area contributed by atoms with Crippen LogP contribution in [-0.2, 0) is 16.0 Å². The van der Waals surface area contributed by atoms with Crippen molar-refractivity contribution in [1.29, 1.82) is 0 Å². The summed E-state index contributed by atoms with van der Waals surface area (Å²) in [4.78, 5) is 35.5. The number of nitrogens with zero attached hydrogens (tertiary/aromatic N) is 1. The van der Waals surface area contributed by atoms with Crippen LogP contribution in [0.15, 0.2) is 45.6 Å². The van der Waals surface area contributed by atoms with Gasteiger partial charge in [0.25, 0.3) is 0 Å². The Morgan fingerprint density at radius 3 is 2.11 bits per heavy atom. The summed E-state index contributed by atoms with van der Waals surface area (Å²) >= 11 is 0. The summed E-state index contributed by atoms with van der Waals surface area (Å²) in [5, 5.41) is 15.6. The molecule has 0 fully saturated rings. The number of halogens is 1. The summed E-state index contributed by atoms with van der Waals surface area (Å²) in [5.74, 6) is -2.67. The second kappa shape index (κ2) is 11.5. The average Bonchev–Trinajstić information content (AvgIpc) is 3.02. The highest BCUT2D eigenvalue weighted by Gasteiger charge is 2.13. The normalized spacial score (nSPS) is 10.7. The Balaban J connectivity index is 0.000000416. The molecule has 1 aromatic carbocycles. The van der Waals surface area contributed by atoms with E-state index in [9.17, 15) is 18.8 Å². The molecule has 0 aliphatic carbocycles. The van der Waals surface area contributed by atoms with Crippen LogP contribution in [0, 0.1) is 5.82 Å². The van der Waals surface area contributed by atoms with Crippen LogP contribution in [0.4, 0.5) is 4.39 Å². The Hall–Kier alpha value is -3.20. The molecule has 2 aromatic rings. The number of carboxylic acid groups (broad SMARTS) is 2. The molecule has 3 N–H and O–H groups in total. The van der Waals surface area contributed by atoms with Gasteiger partial charge in [0, 0.05) is 30.7 Å². The van der Waals surface area contributed by atoms with Crippen molar-refractivity contribution in [3.05, 3.63) is 58.5 Å². The number of hydrogen-bond donors (Lipinski definition) is 3. The van der Waals surface area contributed by atoms with Gasteiger partial charge in [-0.3, -0.25) is 4.98 Å². The fourth-order valence-electron chi connectivity index (χ4n) is 2.33. The van der Waals surface area contributed by atoms with Crippen LogP contribution < -0.4 is 5.76 Å². The van der Waals surface area contributed by atoms with Gasteiger partial charge >= 0.3 is 17.7 Å². The van der Waals surface area contributed by atoms with Crippen molar-refractivity contribution in [2.24, 2.45) is 0 Å². The van der Waals surface area contributed by atoms with E-state index in [1.54, 1.807) is 12.1 Å². The topological polar surface area (TPSA) is 124 Å². The van der Waals surface area contributed by atoms with Gasteiger partial charge in [-0.25, -0.2) is 18.8 Å². The van der Waals surface area contributed by atoms with Crippen molar-refractivity contribution >= 4 is 11.9 Å². The lowest BCUT2D eigenvalue weighted by Gasteiger charge is -2.16. The molecule has 1 heterocycles. The zero-order valence-electron chi connectivity index (χ0n) is 15.6. The molecule has 152 valence electrons. The Labute approximate surface area is 160 Å². The van der Waals surface area contributed by atoms with E-state index in [2.05, 4.69) is 23.7 Å². The minimum absolute atomic E-state index is 0.302. The van der Waals surface area contributed by atoms with Crippen LogP contribution >= 0.6 is 0 Å². The number of carboxylic acids is 2. The number of oxazole rings is 1. The number of H-pyrrole nitrogens is 1. The van der Waals surface area contributed by atoms with Crippen LogP contribution in [0.1, 0.15) is 19.6 Å². The molecule has 0 bridgehead atoms. The first-order chi connectivity index (χ1) is 13.3. The molecule has 0 radical (unpaired) electrons. The molecule has 2 rings (SSSR count). The highest BCUT2D eigenvalue weighted by molar-refractivity contribution is 5.89. The maximum absolute atomic E-state index is 13.0. The lowest BCUT2D eigenvalue weighted by atomic mass is 10.1. The molecule has 0 saturated carbocycles. The smallest absolute Gasteiger partial charge is 0.416 e. The van der Waals surface area contributed by atoms with Crippen LogP contribution in [0.25, 0.3) is 11.3 Å². The molecule has 1 aromatic heterocycles. The maximum Gasteiger partial charge on any atom is 0.416 e. The zero-order valence-corrected chi connectivity index (χ0v) is 15.6. The monoisotopic (exact) mass is 394 g/mol. The first kappa shape index (κ1) is 22.8. The van der Waals surface area contributed by atoms with E-state index < -0.39 is 17.7 Å². The number of benzene rings is 1. The first-order valence-corrected chi connectivity index (χ1v) is 8.61. The molecule has 0 unspecified atom stereocenters. The summed E-state index contributed by atoms with van der Waals surface area (Å²) in [5.41, 5.74) is 1.40. The SMILES string of the molecule is CCN(CC)CCc1oc(=O)[nH]c1-c1ccc(F)cc1.O=C(O)/C=C/C(=O)O. The third-order valence-electron chi connectivity index (χ3n) is 3.77. The van der Waals surface area contributed by atoms with Crippen LogP contribution in [-0.4, -0.2) is 51.7 Å². The highest BCUT2D eigenvalue weighted by Crippen LogP contribution is 2.21. The zero-order chi connectivity index (χ0) is 21.1. The second-order valence-electron chi connectivity index (χ2n) is 5.61. The molecule has 0 aliphatic rings. The third kappa shape index (κ3) is 8.00. The van der Waals surface area contributed by atoms with Crippen LogP contribution in [0.3, 0.4) is 0 Å². The van der Waals surface area contributed by atoms with Crippen molar-refractivity contribution in [1.82, 2.24) is 9.88 Å². The number of rotatable bonds is 8. The van der Waals surface area contributed by atoms with E-state index in [0.717, 1.165) is 25.2 Å². The molecule has 0 saturated heterocycles. The standard InChI is InChI=1S/C15H19FN2O2.C4H4O4/c1-3-18(4-2)10-9-13-14(17-15(19)20-13)11-5-7-12(16)8-6-11;5-3(6)1-2-4(7)8/h5-8H,3-4,9-10H2,1-2H3,(H,17,19);1-2H,(H,5,6)(H,7,8)/b;2-1+. The summed E-state index contributed by atoms with van der Waals surface area (Å²) in [6, 6.07) is 6.01. The van der Waals surface area contributed by atoms with E-state index in [4.69, 9.17) is 14.6 Å². The molecule has 9 heteroatoms. The van der Waals surface area contributed by atoms with Gasteiger partial charge in [-0.1, -0.05) is 13.8 Å². The van der Waals surface area contributed by atoms with Crippen molar-refractivity contribution < 1.29 is 28.6 Å². The third-order valence-corrected chi connectivity index (χ3v) is 3.77. The lowest BCUT2D eigenvalue weighted by molar-refractivity contribution is -0.134. The summed E-state index contributed by atoms with van der Waals surface area (Å²) < 4.78 is 18.2. The summed E-state index contributed by atoms with van der Waals surface area (Å²) in [6.07, 6.45) is 1.76. The van der Waals surface area contributed by atoms with E-state index >= 15 is 0 Å². The Bertz CT molecular complexity index is 834. The summed E-state index contributed by atoms with van der Waals surface area (Å²) in [6.45, 7) is 6.92. The van der Waals surface area contributed by atoms with Crippen LogP contribution in [0.5, 0.6) is 0 Å². The Kier molecular flexibility index (Phi) is 9.38. The minimum atomic E-state index is -1.26. The molecule has 0 atom stereocenters. The van der Waals surface area contributed by atoms with E-state index in [-0.39, 0.29) is 5.82 Å². The van der Waals surface area contributed by atoms with Gasteiger partial charge in [0.1, 0.15) is 11.6 Å². The van der Waals surface area contributed by atoms with Gasteiger partial charge in [0.15, 0.2) is 0 Å². The van der Waals surface area contributed by atoms with Crippen molar-refractivity contribution in [3.8, 4) is 11.3 Å². The van der Waals surface area contributed by atoms with Gasteiger partial charge < -0.3 is 19.5 Å². The molecule has 0 spiro atoms. The Morgan fingerprint density at radius 1 is 1.11 bits per heavy atom. The number of aliphatic carboxylic acids is 2. The number of hydrogen-bond acceptors (Lipinski definition) is 5. The lowest BCUT2D eigenvalue weighted by Crippen LogP contribution is -2.25. The van der Waals surface area contributed by atoms with E-state index in [0.29, 0.717) is 30.0 Å². The molecule has 28 heavy (non-hydrogen) atoms. The minimum Gasteiger partial charge on any atom is -0.478 e. The van der Waals surface area contributed by atoms with Gasteiger partial charge in [-0.05, 0) is 37.4 Å².